The molecule has 1 heterocycles. The standard InChI is InChI=1S/C10H11F3N2O2/c1-2-15(6-10(11,12)13)9(17)7-5-14-4-3-8(7)16/h3-5H,2,6H2,1H3,(H,14,16). The average Bonchev–Trinajstić information content (AvgIpc) is 2.24. The van der Waals surface area contributed by atoms with E-state index in [1.807, 2.05) is 0 Å². The van der Waals surface area contributed by atoms with Crippen molar-refractivity contribution in [3.05, 3.63) is 34.2 Å². The fourth-order valence-electron chi connectivity index (χ4n) is 1.30. The minimum absolute atomic E-state index is 0.118. The number of halogens is 3. The van der Waals surface area contributed by atoms with Crippen molar-refractivity contribution in [2.45, 2.75) is 13.1 Å². The summed E-state index contributed by atoms with van der Waals surface area (Å²) in [6.07, 6.45) is -2.07. The van der Waals surface area contributed by atoms with Gasteiger partial charge in [-0.15, -0.1) is 0 Å². The zero-order valence-corrected chi connectivity index (χ0v) is 9.04. The summed E-state index contributed by atoms with van der Waals surface area (Å²) in [6.45, 7) is -0.0654. The van der Waals surface area contributed by atoms with Gasteiger partial charge < -0.3 is 9.88 Å². The van der Waals surface area contributed by atoms with Gasteiger partial charge in [-0.2, -0.15) is 13.2 Å². The summed E-state index contributed by atoms with van der Waals surface area (Å²) in [7, 11) is 0. The number of carbonyl (C=O) groups excluding carboxylic acids is 1. The number of pyridine rings is 1. The fraction of sp³-hybridized carbons (Fsp3) is 0.400. The minimum atomic E-state index is -4.48. The zero-order valence-electron chi connectivity index (χ0n) is 9.04. The van der Waals surface area contributed by atoms with Gasteiger partial charge in [0.1, 0.15) is 12.1 Å². The number of rotatable bonds is 3. The number of carbonyl (C=O) groups is 1. The van der Waals surface area contributed by atoms with Crippen molar-refractivity contribution in [1.29, 1.82) is 0 Å². The van der Waals surface area contributed by atoms with Crippen LogP contribution in [0.2, 0.25) is 0 Å². The minimum Gasteiger partial charge on any atom is -0.367 e. The predicted molar refractivity (Wildman–Crippen MR) is 54.7 cm³/mol. The monoisotopic (exact) mass is 248 g/mol. The maximum absolute atomic E-state index is 12.2. The quantitative estimate of drug-likeness (QED) is 0.879. The third kappa shape index (κ3) is 3.61. The van der Waals surface area contributed by atoms with E-state index in [-0.39, 0.29) is 12.1 Å². The normalized spacial score (nSPS) is 11.3. The number of hydrogen-bond acceptors (Lipinski definition) is 2. The van der Waals surface area contributed by atoms with Gasteiger partial charge in [0, 0.05) is 25.0 Å². The average molecular weight is 248 g/mol. The Bertz CT molecular complexity index is 453. The maximum Gasteiger partial charge on any atom is 0.406 e. The number of amides is 1. The topological polar surface area (TPSA) is 53.2 Å². The summed E-state index contributed by atoms with van der Waals surface area (Å²) in [6, 6.07) is 1.09. The first-order chi connectivity index (χ1) is 7.85. The van der Waals surface area contributed by atoms with Crippen molar-refractivity contribution in [2.24, 2.45) is 0 Å². The van der Waals surface area contributed by atoms with E-state index in [9.17, 15) is 22.8 Å². The Hall–Kier alpha value is -1.79. The molecule has 1 N–H and O–H groups in total. The van der Waals surface area contributed by atoms with Gasteiger partial charge in [0.2, 0.25) is 0 Å². The molecule has 0 bridgehead atoms. The van der Waals surface area contributed by atoms with Gasteiger partial charge >= 0.3 is 6.18 Å². The van der Waals surface area contributed by atoms with Crippen molar-refractivity contribution >= 4 is 5.91 Å². The second-order valence-corrected chi connectivity index (χ2v) is 3.36. The molecular weight excluding hydrogens is 237 g/mol. The van der Waals surface area contributed by atoms with Gasteiger partial charge in [0.05, 0.1) is 0 Å². The molecule has 0 saturated heterocycles. The number of aromatic amines is 1. The van der Waals surface area contributed by atoms with Crippen LogP contribution in [0.25, 0.3) is 0 Å². The Morgan fingerprint density at radius 3 is 2.59 bits per heavy atom. The Balaban J connectivity index is 2.95. The van der Waals surface area contributed by atoms with Crippen LogP contribution in [0.1, 0.15) is 17.3 Å². The lowest BCUT2D eigenvalue weighted by molar-refractivity contribution is -0.140. The molecule has 0 spiro atoms. The molecule has 0 radical (unpaired) electrons. The van der Waals surface area contributed by atoms with Gasteiger partial charge in [-0.3, -0.25) is 9.59 Å². The Kier molecular flexibility index (Phi) is 3.93. The summed E-state index contributed by atoms with van der Waals surface area (Å²) in [5.41, 5.74) is -0.895. The van der Waals surface area contributed by atoms with E-state index in [2.05, 4.69) is 4.98 Å². The first-order valence-electron chi connectivity index (χ1n) is 4.88. The molecule has 1 aromatic rings. The molecule has 4 nitrogen and oxygen atoms in total. The van der Waals surface area contributed by atoms with E-state index < -0.39 is 24.1 Å². The summed E-state index contributed by atoms with van der Waals surface area (Å²) >= 11 is 0. The van der Waals surface area contributed by atoms with Crippen LogP contribution in [0, 0.1) is 0 Å². The molecule has 0 fully saturated rings. The first kappa shape index (κ1) is 13.3. The number of hydrogen-bond donors (Lipinski definition) is 1. The highest BCUT2D eigenvalue weighted by Gasteiger charge is 2.33. The van der Waals surface area contributed by atoms with Crippen LogP contribution in [0.15, 0.2) is 23.3 Å². The van der Waals surface area contributed by atoms with Crippen molar-refractivity contribution in [1.82, 2.24) is 9.88 Å². The van der Waals surface area contributed by atoms with Gasteiger partial charge in [0.25, 0.3) is 5.91 Å². The summed E-state index contributed by atoms with van der Waals surface area (Å²) in [5.74, 6) is -0.924. The molecule has 7 heteroatoms. The van der Waals surface area contributed by atoms with E-state index in [0.717, 1.165) is 12.3 Å². The molecular formula is C10H11F3N2O2. The molecule has 1 rings (SSSR count). The van der Waals surface area contributed by atoms with Gasteiger partial charge in [0.15, 0.2) is 5.43 Å². The number of nitrogens with one attached hydrogen (secondary N) is 1. The third-order valence-electron chi connectivity index (χ3n) is 2.09. The van der Waals surface area contributed by atoms with Crippen molar-refractivity contribution < 1.29 is 18.0 Å². The van der Waals surface area contributed by atoms with Crippen LogP contribution in [-0.4, -0.2) is 35.1 Å². The van der Waals surface area contributed by atoms with E-state index in [0.29, 0.717) is 4.90 Å². The fourth-order valence-corrected chi connectivity index (χ4v) is 1.30. The number of alkyl halides is 3. The smallest absolute Gasteiger partial charge is 0.367 e. The molecule has 0 aliphatic heterocycles. The highest BCUT2D eigenvalue weighted by atomic mass is 19.4. The van der Waals surface area contributed by atoms with E-state index in [4.69, 9.17) is 0 Å². The van der Waals surface area contributed by atoms with Gasteiger partial charge in [-0.1, -0.05) is 0 Å². The predicted octanol–water partition coefficient (Wildman–Crippen LogP) is 1.40. The second-order valence-electron chi connectivity index (χ2n) is 3.36. The maximum atomic E-state index is 12.2. The SMILES string of the molecule is CCN(CC(F)(F)F)C(=O)c1c[nH]ccc1=O. The molecule has 0 aromatic carbocycles. The highest BCUT2D eigenvalue weighted by molar-refractivity contribution is 5.93. The van der Waals surface area contributed by atoms with Gasteiger partial charge in [-0.05, 0) is 6.92 Å². The molecule has 17 heavy (non-hydrogen) atoms. The molecule has 0 atom stereocenters. The molecule has 1 amide bonds. The largest absolute Gasteiger partial charge is 0.406 e. The Labute approximate surface area is 95.1 Å². The van der Waals surface area contributed by atoms with E-state index >= 15 is 0 Å². The van der Waals surface area contributed by atoms with Crippen LogP contribution in [0.5, 0.6) is 0 Å². The number of aromatic nitrogens is 1. The summed E-state index contributed by atoms with van der Waals surface area (Å²) < 4.78 is 36.6. The van der Waals surface area contributed by atoms with Crippen LogP contribution in [0.3, 0.4) is 0 Å². The van der Waals surface area contributed by atoms with Crippen LogP contribution in [0.4, 0.5) is 13.2 Å². The van der Waals surface area contributed by atoms with Crippen molar-refractivity contribution in [2.75, 3.05) is 13.1 Å². The lowest BCUT2D eigenvalue weighted by Gasteiger charge is -2.21. The molecule has 1 aromatic heterocycles. The van der Waals surface area contributed by atoms with Gasteiger partial charge in [-0.25, -0.2) is 0 Å². The Morgan fingerprint density at radius 1 is 1.47 bits per heavy atom. The molecule has 0 unspecified atom stereocenters. The lowest BCUT2D eigenvalue weighted by Crippen LogP contribution is -2.40. The second kappa shape index (κ2) is 5.03. The lowest BCUT2D eigenvalue weighted by atomic mass is 10.2. The summed E-state index contributed by atoms with van der Waals surface area (Å²) in [5, 5.41) is 0. The molecule has 0 saturated carbocycles. The Morgan fingerprint density at radius 2 is 2.12 bits per heavy atom. The van der Waals surface area contributed by atoms with Crippen LogP contribution < -0.4 is 5.43 Å². The van der Waals surface area contributed by atoms with Crippen molar-refractivity contribution in [3.63, 3.8) is 0 Å². The summed E-state index contributed by atoms with van der Waals surface area (Å²) in [4.78, 5) is 26.0. The number of nitrogens with zero attached hydrogens (tertiary/aromatic N) is 1. The number of H-pyrrole nitrogens is 1. The van der Waals surface area contributed by atoms with Crippen molar-refractivity contribution in [3.8, 4) is 0 Å². The highest BCUT2D eigenvalue weighted by Crippen LogP contribution is 2.17. The van der Waals surface area contributed by atoms with Crippen LogP contribution >= 0.6 is 0 Å². The third-order valence-corrected chi connectivity index (χ3v) is 2.09. The van der Waals surface area contributed by atoms with E-state index in [1.165, 1.54) is 13.1 Å². The molecule has 94 valence electrons. The first-order valence-corrected chi connectivity index (χ1v) is 4.88. The zero-order chi connectivity index (χ0) is 13.1. The van der Waals surface area contributed by atoms with Crippen LogP contribution in [-0.2, 0) is 0 Å². The van der Waals surface area contributed by atoms with E-state index in [1.54, 1.807) is 0 Å². The molecule has 0 aliphatic carbocycles. The molecule has 0 aliphatic rings.